The zero-order chi connectivity index (χ0) is 18.4. The SMILES string of the molecule is O=C(COc1ccc(Cl)c(F)c1)NC12CC(NC(=O)c3ccon3)(C1)C2. The van der Waals surface area contributed by atoms with Crippen LogP contribution in [0.15, 0.2) is 35.1 Å². The van der Waals surface area contributed by atoms with Crippen molar-refractivity contribution in [2.24, 2.45) is 0 Å². The molecule has 1 heterocycles. The van der Waals surface area contributed by atoms with Crippen LogP contribution in [0.4, 0.5) is 4.39 Å². The van der Waals surface area contributed by atoms with Crippen molar-refractivity contribution < 1.29 is 23.2 Å². The van der Waals surface area contributed by atoms with E-state index in [0.717, 1.165) is 6.07 Å². The van der Waals surface area contributed by atoms with Crippen LogP contribution in [0, 0.1) is 5.82 Å². The highest BCUT2D eigenvalue weighted by molar-refractivity contribution is 6.30. The van der Waals surface area contributed by atoms with Crippen LogP contribution in [0.3, 0.4) is 0 Å². The minimum atomic E-state index is -0.603. The van der Waals surface area contributed by atoms with E-state index >= 15 is 0 Å². The number of benzene rings is 1. The molecular weight excluding hydrogens is 365 g/mol. The van der Waals surface area contributed by atoms with E-state index < -0.39 is 5.82 Å². The maximum atomic E-state index is 13.3. The molecule has 136 valence electrons. The van der Waals surface area contributed by atoms with Gasteiger partial charge in [0.05, 0.1) is 5.02 Å². The van der Waals surface area contributed by atoms with Crippen LogP contribution in [0.25, 0.3) is 0 Å². The normalized spacial score (nSPS) is 25.6. The fourth-order valence-corrected chi connectivity index (χ4v) is 3.85. The van der Waals surface area contributed by atoms with Gasteiger partial charge in [-0.1, -0.05) is 16.8 Å². The molecule has 0 spiro atoms. The Labute approximate surface area is 152 Å². The molecular formula is C17H15ClFN3O4. The summed E-state index contributed by atoms with van der Waals surface area (Å²) in [5.41, 5.74) is -0.358. The average Bonchev–Trinajstić information content (AvgIpc) is 3.07. The molecule has 5 rings (SSSR count). The number of aromatic nitrogens is 1. The number of halogens is 2. The van der Waals surface area contributed by atoms with Crippen molar-refractivity contribution in [1.29, 1.82) is 0 Å². The average molecular weight is 380 g/mol. The Balaban J connectivity index is 1.23. The van der Waals surface area contributed by atoms with Crippen molar-refractivity contribution in [2.75, 3.05) is 6.61 Å². The van der Waals surface area contributed by atoms with Gasteiger partial charge in [-0.05, 0) is 31.4 Å². The highest BCUT2D eigenvalue weighted by Crippen LogP contribution is 2.60. The van der Waals surface area contributed by atoms with Crippen LogP contribution in [-0.4, -0.2) is 34.7 Å². The van der Waals surface area contributed by atoms with Crippen molar-refractivity contribution in [1.82, 2.24) is 15.8 Å². The van der Waals surface area contributed by atoms with Gasteiger partial charge in [0.15, 0.2) is 12.3 Å². The fourth-order valence-electron chi connectivity index (χ4n) is 3.73. The van der Waals surface area contributed by atoms with E-state index in [1.165, 1.54) is 24.5 Å². The number of hydrogen-bond donors (Lipinski definition) is 2. The third-order valence-corrected chi connectivity index (χ3v) is 5.05. The monoisotopic (exact) mass is 379 g/mol. The molecule has 2 bridgehead atoms. The fraction of sp³-hybridized carbons (Fsp3) is 0.353. The molecule has 3 aliphatic rings. The molecule has 0 unspecified atom stereocenters. The minimum Gasteiger partial charge on any atom is -0.484 e. The van der Waals surface area contributed by atoms with Gasteiger partial charge in [0.2, 0.25) is 0 Å². The molecule has 2 N–H and O–H groups in total. The highest BCUT2D eigenvalue weighted by Gasteiger charge is 2.69. The van der Waals surface area contributed by atoms with Gasteiger partial charge in [-0.15, -0.1) is 0 Å². The van der Waals surface area contributed by atoms with Crippen molar-refractivity contribution in [3.8, 4) is 5.75 Å². The maximum absolute atomic E-state index is 13.3. The van der Waals surface area contributed by atoms with Crippen LogP contribution in [0.1, 0.15) is 29.8 Å². The van der Waals surface area contributed by atoms with Crippen LogP contribution >= 0.6 is 11.6 Å². The van der Waals surface area contributed by atoms with Crippen molar-refractivity contribution >= 4 is 23.4 Å². The molecule has 3 aliphatic carbocycles. The summed E-state index contributed by atoms with van der Waals surface area (Å²) in [5.74, 6) is -0.951. The quantitative estimate of drug-likeness (QED) is 0.801. The second-order valence-corrected chi connectivity index (χ2v) is 7.25. The molecule has 7 nitrogen and oxygen atoms in total. The van der Waals surface area contributed by atoms with Gasteiger partial charge in [0.1, 0.15) is 17.8 Å². The first-order chi connectivity index (χ1) is 12.4. The Morgan fingerprint density at radius 2 is 1.96 bits per heavy atom. The van der Waals surface area contributed by atoms with Crippen LogP contribution in [0.5, 0.6) is 5.75 Å². The summed E-state index contributed by atoms with van der Waals surface area (Å²) in [5, 5.41) is 9.44. The smallest absolute Gasteiger partial charge is 0.273 e. The molecule has 1 aromatic heterocycles. The maximum Gasteiger partial charge on any atom is 0.273 e. The van der Waals surface area contributed by atoms with Crippen molar-refractivity contribution in [3.63, 3.8) is 0 Å². The van der Waals surface area contributed by atoms with Crippen LogP contribution < -0.4 is 15.4 Å². The predicted octanol–water partition coefficient (Wildman–Crippen LogP) is 2.07. The summed E-state index contributed by atoms with van der Waals surface area (Å²) in [4.78, 5) is 24.0. The Bertz CT molecular complexity index is 851. The van der Waals surface area contributed by atoms with Gasteiger partial charge in [-0.25, -0.2) is 4.39 Å². The van der Waals surface area contributed by atoms with Gasteiger partial charge < -0.3 is 19.9 Å². The Morgan fingerprint density at radius 3 is 2.62 bits per heavy atom. The summed E-state index contributed by atoms with van der Waals surface area (Å²) in [7, 11) is 0. The topological polar surface area (TPSA) is 93.5 Å². The molecule has 3 saturated carbocycles. The van der Waals surface area contributed by atoms with E-state index in [0.29, 0.717) is 19.3 Å². The largest absolute Gasteiger partial charge is 0.484 e. The van der Waals surface area contributed by atoms with Crippen LogP contribution in [-0.2, 0) is 4.79 Å². The number of rotatable bonds is 6. The molecule has 0 radical (unpaired) electrons. The van der Waals surface area contributed by atoms with E-state index in [1.54, 1.807) is 0 Å². The number of carbonyl (C=O) groups is 2. The molecule has 2 aromatic rings. The summed E-state index contributed by atoms with van der Waals surface area (Å²) in [6.45, 7) is -0.221. The molecule has 0 saturated heterocycles. The Morgan fingerprint density at radius 1 is 1.23 bits per heavy atom. The lowest BCUT2D eigenvalue weighted by atomic mass is 9.44. The molecule has 3 fully saturated rings. The summed E-state index contributed by atoms with van der Waals surface area (Å²) in [6, 6.07) is 5.49. The van der Waals surface area contributed by atoms with Gasteiger partial charge >= 0.3 is 0 Å². The van der Waals surface area contributed by atoms with Crippen LogP contribution in [0.2, 0.25) is 5.02 Å². The lowest BCUT2D eigenvalue weighted by molar-refractivity contribution is -0.141. The van der Waals surface area contributed by atoms with Gasteiger partial charge in [-0.2, -0.15) is 0 Å². The number of carbonyl (C=O) groups excluding carboxylic acids is 2. The molecule has 2 amide bonds. The Kier molecular flexibility index (Phi) is 3.87. The number of nitrogens with one attached hydrogen (secondary N) is 2. The van der Waals surface area contributed by atoms with Gasteiger partial charge in [-0.3, -0.25) is 9.59 Å². The minimum absolute atomic E-state index is 0.00589. The number of amides is 2. The predicted molar refractivity (Wildman–Crippen MR) is 88.3 cm³/mol. The van der Waals surface area contributed by atoms with E-state index in [-0.39, 0.29) is 46.0 Å². The molecule has 0 atom stereocenters. The zero-order valence-corrected chi connectivity index (χ0v) is 14.3. The van der Waals surface area contributed by atoms with Gasteiger partial charge in [0.25, 0.3) is 11.8 Å². The van der Waals surface area contributed by atoms with Crippen molar-refractivity contribution in [2.45, 2.75) is 30.3 Å². The number of hydrogen-bond acceptors (Lipinski definition) is 5. The molecule has 1 aromatic carbocycles. The summed E-state index contributed by atoms with van der Waals surface area (Å²) >= 11 is 5.59. The first-order valence-corrected chi connectivity index (χ1v) is 8.38. The van der Waals surface area contributed by atoms with E-state index in [1.807, 2.05) is 0 Å². The highest BCUT2D eigenvalue weighted by atomic mass is 35.5. The number of ether oxygens (including phenoxy) is 1. The van der Waals surface area contributed by atoms with E-state index in [9.17, 15) is 14.0 Å². The summed E-state index contributed by atoms with van der Waals surface area (Å²) in [6.07, 6.45) is 3.31. The third-order valence-electron chi connectivity index (χ3n) is 4.75. The van der Waals surface area contributed by atoms with E-state index in [2.05, 4.69) is 20.3 Å². The van der Waals surface area contributed by atoms with Crippen molar-refractivity contribution in [3.05, 3.63) is 47.1 Å². The van der Waals surface area contributed by atoms with E-state index in [4.69, 9.17) is 16.3 Å². The second kappa shape index (κ2) is 5.98. The number of nitrogens with zero attached hydrogens (tertiary/aromatic N) is 1. The molecule has 26 heavy (non-hydrogen) atoms. The Hall–Kier alpha value is -2.61. The third kappa shape index (κ3) is 3.01. The van der Waals surface area contributed by atoms with Gasteiger partial charge in [0, 0.05) is 23.2 Å². The first-order valence-electron chi connectivity index (χ1n) is 8.01. The first kappa shape index (κ1) is 16.8. The lowest BCUT2D eigenvalue weighted by Crippen LogP contribution is -2.84. The zero-order valence-electron chi connectivity index (χ0n) is 13.6. The molecule has 0 aliphatic heterocycles. The summed E-state index contributed by atoms with van der Waals surface area (Å²) < 4.78 is 23.3. The molecule has 9 heteroatoms. The lowest BCUT2D eigenvalue weighted by Gasteiger charge is -2.70. The second-order valence-electron chi connectivity index (χ2n) is 6.84. The standard InChI is InChI=1S/C17H15ClFN3O4/c18-11-2-1-10(5-12(11)19)25-6-14(23)20-16-7-17(8-16,9-16)21-15(24)13-3-4-26-22-13/h1-5H,6-9H2,(H,20,23)(H,21,24).